The smallest absolute Gasteiger partial charge is 0.271 e. The maximum absolute atomic E-state index is 11.4. The third kappa shape index (κ3) is 2.79. The summed E-state index contributed by atoms with van der Waals surface area (Å²) in [7, 11) is 0. The van der Waals surface area contributed by atoms with Crippen molar-refractivity contribution in [3.05, 3.63) is 35.5 Å². The Morgan fingerprint density at radius 1 is 1.04 bits per heavy atom. The number of nitrogens with one attached hydrogen (secondary N) is 1. The lowest BCUT2D eigenvalue weighted by Gasteiger charge is -2.10. The molecule has 116 valence electrons. The SMILES string of the molecule is Cc1ccc(Nc2nc(N)nc3nc(N)c(C(N)=O)nc23)cc1. The molecule has 1 amide bonds. The number of nitrogens with two attached hydrogens (primary N) is 3. The lowest BCUT2D eigenvalue weighted by molar-refractivity contribution is 0.0996. The van der Waals surface area contributed by atoms with Gasteiger partial charge in [-0.3, -0.25) is 4.79 Å². The molecule has 0 aliphatic carbocycles. The number of fused-ring (bicyclic) bond motifs is 1. The first-order valence-corrected chi connectivity index (χ1v) is 6.68. The minimum absolute atomic E-state index is 0.00707. The zero-order chi connectivity index (χ0) is 16.6. The number of carbonyl (C=O) groups is 1. The molecule has 2 heterocycles. The number of benzene rings is 1. The second kappa shape index (κ2) is 5.37. The van der Waals surface area contributed by atoms with Gasteiger partial charge in [-0.05, 0) is 19.1 Å². The Bertz CT molecular complexity index is 907. The predicted octanol–water partition coefficient (Wildman–Crippen LogP) is 0.735. The highest BCUT2D eigenvalue weighted by Crippen LogP contribution is 2.24. The fourth-order valence-corrected chi connectivity index (χ4v) is 2.02. The van der Waals surface area contributed by atoms with Crippen LogP contribution in [0.5, 0.6) is 0 Å². The van der Waals surface area contributed by atoms with Gasteiger partial charge in [0.2, 0.25) is 5.95 Å². The Morgan fingerprint density at radius 3 is 2.39 bits per heavy atom. The fraction of sp³-hybridized carbons (Fsp3) is 0.0714. The molecule has 0 fully saturated rings. The van der Waals surface area contributed by atoms with Gasteiger partial charge < -0.3 is 22.5 Å². The number of rotatable bonds is 3. The monoisotopic (exact) mass is 310 g/mol. The van der Waals surface area contributed by atoms with E-state index >= 15 is 0 Å². The Morgan fingerprint density at radius 2 is 1.74 bits per heavy atom. The Labute approximate surface area is 131 Å². The lowest BCUT2D eigenvalue weighted by atomic mass is 10.2. The first-order valence-electron chi connectivity index (χ1n) is 6.68. The van der Waals surface area contributed by atoms with Crippen molar-refractivity contribution in [1.82, 2.24) is 19.9 Å². The van der Waals surface area contributed by atoms with Crippen molar-refractivity contribution in [2.75, 3.05) is 16.8 Å². The van der Waals surface area contributed by atoms with Gasteiger partial charge in [0.15, 0.2) is 28.5 Å². The normalized spacial score (nSPS) is 10.7. The molecule has 3 aromatic rings. The van der Waals surface area contributed by atoms with E-state index in [2.05, 4.69) is 25.3 Å². The Hall–Kier alpha value is -3.49. The first kappa shape index (κ1) is 14.4. The van der Waals surface area contributed by atoms with E-state index in [0.29, 0.717) is 5.82 Å². The molecule has 0 saturated carbocycles. The third-order valence-corrected chi connectivity index (χ3v) is 3.12. The van der Waals surface area contributed by atoms with Crippen molar-refractivity contribution in [3.63, 3.8) is 0 Å². The molecule has 0 saturated heterocycles. The highest BCUT2D eigenvalue weighted by molar-refractivity contribution is 5.98. The molecule has 0 bridgehead atoms. The fourth-order valence-electron chi connectivity index (χ4n) is 2.02. The molecule has 0 aliphatic rings. The molecule has 0 aliphatic heterocycles. The molecule has 0 radical (unpaired) electrons. The van der Waals surface area contributed by atoms with Crippen molar-refractivity contribution >= 4 is 40.3 Å². The van der Waals surface area contributed by atoms with Gasteiger partial charge in [0.25, 0.3) is 5.91 Å². The first-order chi connectivity index (χ1) is 10.9. The van der Waals surface area contributed by atoms with Crippen LogP contribution in [0.2, 0.25) is 0 Å². The maximum atomic E-state index is 11.4. The summed E-state index contributed by atoms with van der Waals surface area (Å²) in [5.74, 6) is -0.571. The number of amides is 1. The number of aromatic nitrogens is 4. The Kier molecular flexibility index (Phi) is 3.37. The van der Waals surface area contributed by atoms with E-state index < -0.39 is 5.91 Å². The molecule has 0 unspecified atom stereocenters. The topological polar surface area (TPSA) is 159 Å². The average molecular weight is 310 g/mol. The van der Waals surface area contributed by atoms with Crippen LogP contribution in [0, 0.1) is 6.92 Å². The summed E-state index contributed by atoms with van der Waals surface area (Å²) < 4.78 is 0. The highest BCUT2D eigenvalue weighted by atomic mass is 16.1. The van der Waals surface area contributed by atoms with Crippen LogP contribution < -0.4 is 22.5 Å². The molecule has 2 aromatic heterocycles. The molecular weight excluding hydrogens is 296 g/mol. The van der Waals surface area contributed by atoms with Crippen LogP contribution in [0.15, 0.2) is 24.3 Å². The van der Waals surface area contributed by atoms with Gasteiger partial charge in [0.1, 0.15) is 0 Å². The highest BCUT2D eigenvalue weighted by Gasteiger charge is 2.16. The van der Waals surface area contributed by atoms with Crippen molar-refractivity contribution in [2.45, 2.75) is 6.92 Å². The summed E-state index contributed by atoms with van der Waals surface area (Å²) in [4.78, 5) is 27.6. The zero-order valence-corrected chi connectivity index (χ0v) is 12.2. The van der Waals surface area contributed by atoms with Crippen LogP contribution in [-0.4, -0.2) is 25.8 Å². The van der Waals surface area contributed by atoms with E-state index in [1.165, 1.54) is 0 Å². The van der Waals surface area contributed by atoms with Crippen LogP contribution in [0.25, 0.3) is 11.2 Å². The van der Waals surface area contributed by atoms with Crippen molar-refractivity contribution in [2.24, 2.45) is 5.73 Å². The summed E-state index contributed by atoms with van der Waals surface area (Å²) >= 11 is 0. The van der Waals surface area contributed by atoms with Gasteiger partial charge in [-0.15, -0.1) is 0 Å². The Balaban J connectivity index is 2.16. The molecule has 0 atom stereocenters. The molecule has 3 rings (SSSR count). The van der Waals surface area contributed by atoms with Crippen molar-refractivity contribution < 1.29 is 4.79 Å². The minimum atomic E-state index is -0.782. The van der Waals surface area contributed by atoms with Gasteiger partial charge in [-0.1, -0.05) is 17.7 Å². The second-order valence-corrected chi connectivity index (χ2v) is 4.92. The molecule has 0 spiro atoms. The molecule has 9 nitrogen and oxygen atoms in total. The standard InChI is InChI=1S/C14H14N8O/c1-6-2-4-7(5-3-6)18-12-9-13(22-14(17)21-12)20-10(15)8(19-9)11(16)23/h2-5H,1H3,(H2,16,23)(H5,15,17,18,20,21,22). The van der Waals surface area contributed by atoms with Crippen LogP contribution in [0.1, 0.15) is 16.1 Å². The number of nitrogens with zero attached hydrogens (tertiary/aromatic N) is 4. The maximum Gasteiger partial charge on any atom is 0.271 e. The van der Waals surface area contributed by atoms with Gasteiger partial charge in [0.05, 0.1) is 0 Å². The minimum Gasteiger partial charge on any atom is -0.382 e. The van der Waals surface area contributed by atoms with Crippen LogP contribution in [-0.2, 0) is 0 Å². The number of hydrogen-bond donors (Lipinski definition) is 4. The van der Waals surface area contributed by atoms with Crippen LogP contribution >= 0.6 is 0 Å². The predicted molar refractivity (Wildman–Crippen MR) is 86.9 cm³/mol. The van der Waals surface area contributed by atoms with Crippen LogP contribution in [0.4, 0.5) is 23.3 Å². The largest absolute Gasteiger partial charge is 0.382 e. The lowest BCUT2D eigenvalue weighted by Crippen LogP contribution is -2.17. The van der Waals surface area contributed by atoms with Gasteiger partial charge in [0, 0.05) is 5.69 Å². The van der Waals surface area contributed by atoms with E-state index in [0.717, 1.165) is 11.3 Å². The molecule has 1 aromatic carbocycles. The molecular formula is C14H14N8O. The summed E-state index contributed by atoms with van der Waals surface area (Å²) in [6.45, 7) is 1.98. The molecule has 9 heteroatoms. The quantitative estimate of drug-likeness (QED) is 0.551. The summed E-state index contributed by atoms with van der Waals surface area (Å²) in [6.07, 6.45) is 0. The third-order valence-electron chi connectivity index (χ3n) is 3.12. The van der Waals surface area contributed by atoms with Gasteiger partial charge >= 0.3 is 0 Å². The van der Waals surface area contributed by atoms with E-state index in [-0.39, 0.29) is 28.6 Å². The van der Waals surface area contributed by atoms with Gasteiger partial charge in [-0.25, -0.2) is 9.97 Å². The average Bonchev–Trinajstić information content (AvgIpc) is 2.48. The van der Waals surface area contributed by atoms with Crippen LogP contribution in [0.3, 0.4) is 0 Å². The molecule has 7 N–H and O–H groups in total. The number of anilines is 4. The van der Waals surface area contributed by atoms with E-state index in [9.17, 15) is 4.79 Å². The van der Waals surface area contributed by atoms with E-state index in [1.807, 2.05) is 31.2 Å². The second-order valence-electron chi connectivity index (χ2n) is 4.92. The zero-order valence-electron chi connectivity index (χ0n) is 12.2. The number of primary amides is 1. The summed E-state index contributed by atoms with van der Waals surface area (Å²) in [5.41, 5.74) is 18.8. The number of aryl methyl sites for hydroxylation is 1. The van der Waals surface area contributed by atoms with Gasteiger partial charge in [-0.2, -0.15) is 9.97 Å². The summed E-state index contributed by atoms with van der Waals surface area (Å²) in [5, 5.41) is 3.07. The molecule has 23 heavy (non-hydrogen) atoms. The number of nitrogen functional groups attached to an aromatic ring is 2. The summed E-state index contributed by atoms with van der Waals surface area (Å²) in [6, 6.07) is 7.62. The van der Waals surface area contributed by atoms with E-state index in [4.69, 9.17) is 17.2 Å². The van der Waals surface area contributed by atoms with Crippen molar-refractivity contribution in [3.8, 4) is 0 Å². The number of hydrogen-bond acceptors (Lipinski definition) is 8. The van der Waals surface area contributed by atoms with E-state index in [1.54, 1.807) is 0 Å². The number of carbonyl (C=O) groups excluding carboxylic acids is 1. The van der Waals surface area contributed by atoms with Crippen molar-refractivity contribution in [1.29, 1.82) is 0 Å².